The number of carbonyl (C=O) groups is 1. The van der Waals surface area contributed by atoms with Crippen LogP contribution in [0.4, 0.5) is 32.3 Å². The van der Waals surface area contributed by atoms with Crippen molar-refractivity contribution in [2.75, 3.05) is 11.9 Å². The van der Waals surface area contributed by atoms with E-state index in [1.54, 1.807) is 0 Å². The van der Waals surface area contributed by atoms with Gasteiger partial charge in [0.25, 0.3) is 0 Å². The third-order valence-electron chi connectivity index (χ3n) is 5.96. The lowest BCUT2D eigenvalue weighted by Crippen LogP contribution is -2.37. The minimum atomic E-state index is -5.02. The molecule has 1 unspecified atom stereocenters. The molecule has 0 aliphatic carbocycles. The summed E-state index contributed by atoms with van der Waals surface area (Å²) in [6.07, 6.45) is -12.8. The van der Waals surface area contributed by atoms with Crippen molar-refractivity contribution in [3.05, 3.63) is 45.6 Å². The summed E-state index contributed by atoms with van der Waals surface area (Å²) in [5.74, 6) is -0.575. The summed E-state index contributed by atoms with van der Waals surface area (Å²) in [4.78, 5) is 28.7. The predicted octanol–water partition coefficient (Wildman–Crippen LogP) is 2.57. The molecule has 2 atom stereocenters. The Morgan fingerprint density at radius 3 is 2.40 bits per heavy atom. The van der Waals surface area contributed by atoms with Crippen molar-refractivity contribution in [2.24, 2.45) is 0 Å². The second kappa shape index (κ2) is 11.5. The maximum absolute atomic E-state index is 13.1. The van der Waals surface area contributed by atoms with Gasteiger partial charge in [0.1, 0.15) is 6.54 Å². The van der Waals surface area contributed by atoms with Gasteiger partial charge in [0.15, 0.2) is 17.8 Å². The number of nitrogens with zero attached hydrogens (tertiary/aromatic N) is 6. The Hall–Kier alpha value is -3.60. The Balaban J connectivity index is 1.64. The Morgan fingerprint density at radius 1 is 1.10 bits per heavy atom. The van der Waals surface area contributed by atoms with Gasteiger partial charge in [-0.2, -0.15) is 36.4 Å². The van der Waals surface area contributed by atoms with Gasteiger partial charge in [-0.15, -0.1) is 5.10 Å². The monoisotopic (exact) mass is 596 g/mol. The number of amides is 1. The SMILES string of the molecule is O=C1CC[C@H](CNc2nc(Cn3nc(-c4ccc(Cl)cc4)n(CC(O)C(F)(F)F)c3=O)nn2CCC(F)(F)F)N1. The van der Waals surface area contributed by atoms with Crippen LogP contribution in [0.25, 0.3) is 11.4 Å². The van der Waals surface area contributed by atoms with Gasteiger partial charge in [0, 0.05) is 29.6 Å². The van der Waals surface area contributed by atoms with E-state index >= 15 is 0 Å². The normalized spacial score (nSPS) is 16.8. The van der Waals surface area contributed by atoms with E-state index in [1.807, 2.05) is 0 Å². The molecule has 3 aromatic rings. The van der Waals surface area contributed by atoms with Crippen LogP contribution in [0.3, 0.4) is 0 Å². The highest BCUT2D eigenvalue weighted by Crippen LogP contribution is 2.25. The molecule has 3 heterocycles. The zero-order valence-electron chi connectivity index (χ0n) is 20.5. The van der Waals surface area contributed by atoms with Crippen molar-refractivity contribution in [3.8, 4) is 11.4 Å². The van der Waals surface area contributed by atoms with Crippen LogP contribution in [0, 0.1) is 0 Å². The highest BCUT2D eigenvalue weighted by atomic mass is 35.5. The van der Waals surface area contributed by atoms with Crippen molar-refractivity contribution in [3.63, 3.8) is 0 Å². The van der Waals surface area contributed by atoms with Crippen molar-refractivity contribution in [2.45, 2.75) is 63.4 Å². The standard InChI is InChI=1S/C22H23ClF6N8O3/c23-13-3-1-12(2-4-13)18-34-37(20(40)35(18)10-15(38)22(27,28)29)11-16-32-19(30-9-14-5-6-17(39)31-14)36(33-16)8-7-21(24,25)26/h1-4,14-15,38H,5-11H2,(H,31,39)(H,30,32,33)/t14-,15?/m1/s1. The molecule has 11 nitrogen and oxygen atoms in total. The summed E-state index contributed by atoms with van der Waals surface area (Å²) in [6.45, 7) is -2.11. The lowest BCUT2D eigenvalue weighted by molar-refractivity contribution is -0.207. The molecule has 1 aliphatic rings. The fraction of sp³-hybridized carbons (Fsp3) is 0.500. The first-order valence-electron chi connectivity index (χ1n) is 11.9. The molecule has 2 aromatic heterocycles. The molecule has 0 spiro atoms. The first kappa shape index (κ1) is 29.4. The van der Waals surface area contributed by atoms with Crippen molar-refractivity contribution in [1.82, 2.24) is 34.4 Å². The zero-order valence-corrected chi connectivity index (χ0v) is 21.3. The Labute approximate surface area is 226 Å². The fourth-order valence-corrected chi connectivity index (χ4v) is 4.08. The highest BCUT2D eigenvalue weighted by Gasteiger charge is 2.39. The summed E-state index contributed by atoms with van der Waals surface area (Å²) >= 11 is 5.87. The maximum atomic E-state index is 13.1. The van der Waals surface area contributed by atoms with Crippen LogP contribution >= 0.6 is 11.6 Å². The number of hydrogen-bond acceptors (Lipinski definition) is 7. The average molecular weight is 597 g/mol. The largest absolute Gasteiger partial charge is 0.416 e. The van der Waals surface area contributed by atoms with Gasteiger partial charge in [-0.05, 0) is 30.7 Å². The van der Waals surface area contributed by atoms with Gasteiger partial charge >= 0.3 is 18.0 Å². The number of rotatable bonds is 10. The van der Waals surface area contributed by atoms with E-state index in [0.717, 1.165) is 9.36 Å². The van der Waals surface area contributed by atoms with Crippen LogP contribution in [0.5, 0.6) is 0 Å². The predicted molar refractivity (Wildman–Crippen MR) is 128 cm³/mol. The first-order valence-corrected chi connectivity index (χ1v) is 12.3. The minimum Gasteiger partial charge on any atom is -0.382 e. The molecule has 1 saturated heterocycles. The summed E-state index contributed by atoms with van der Waals surface area (Å²) < 4.78 is 80.2. The number of benzene rings is 1. The van der Waals surface area contributed by atoms with Gasteiger partial charge in [0.05, 0.1) is 19.5 Å². The van der Waals surface area contributed by atoms with E-state index in [4.69, 9.17) is 11.6 Å². The number of aromatic nitrogens is 6. The van der Waals surface area contributed by atoms with Gasteiger partial charge in [-0.25, -0.2) is 14.2 Å². The number of carbonyl (C=O) groups excluding carboxylic acids is 1. The number of nitrogens with one attached hydrogen (secondary N) is 2. The van der Waals surface area contributed by atoms with E-state index in [2.05, 4.69) is 25.8 Å². The molecule has 3 N–H and O–H groups in total. The van der Waals surface area contributed by atoms with Crippen molar-refractivity contribution in [1.29, 1.82) is 0 Å². The van der Waals surface area contributed by atoms with Crippen LogP contribution in [0.1, 0.15) is 25.1 Å². The minimum absolute atomic E-state index is 0.0571. The first-order chi connectivity index (χ1) is 18.7. The molecule has 1 aliphatic heterocycles. The number of hydrogen-bond donors (Lipinski definition) is 3. The second-order valence-corrected chi connectivity index (χ2v) is 9.50. The molecule has 1 fully saturated rings. The van der Waals surface area contributed by atoms with E-state index < -0.39 is 50.2 Å². The van der Waals surface area contributed by atoms with Gasteiger partial charge in [0.2, 0.25) is 11.9 Å². The summed E-state index contributed by atoms with van der Waals surface area (Å²) in [6, 6.07) is 5.42. The summed E-state index contributed by atoms with van der Waals surface area (Å²) in [5.41, 5.74) is -0.817. The molecule has 40 heavy (non-hydrogen) atoms. The lowest BCUT2D eigenvalue weighted by Gasteiger charge is -2.15. The summed E-state index contributed by atoms with van der Waals surface area (Å²) in [5, 5.41) is 23.6. The molecule has 4 rings (SSSR count). The molecular weight excluding hydrogens is 574 g/mol. The van der Waals surface area contributed by atoms with E-state index in [1.165, 1.54) is 24.3 Å². The quantitative estimate of drug-likeness (QED) is 0.307. The molecule has 0 radical (unpaired) electrons. The van der Waals surface area contributed by atoms with E-state index in [-0.39, 0.29) is 41.7 Å². The Morgan fingerprint density at radius 2 is 1.80 bits per heavy atom. The molecule has 1 aromatic carbocycles. The van der Waals surface area contributed by atoms with Crippen molar-refractivity contribution >= 4 is 23.5 Å². The third-order valence-corrected chi connectivity index (χ3v) is 6.22. The maximum Gasteiger partial charge on any atom is 0.416 e. The topological polar surface area (TPSA) is 132 Å². The average Bonchev–Trinajstić information content (AvgIpc) is 3.54. The molecule has 0 saturated carbocycles. The van der Waals surface area contributed by atoms with Crippen LogP contribution in [-0.4, -0.2) is 71.2 Å². The number of aryl methyl sites for hydroxylation is 1. The summed E-state index contributed by atoms with van der Waals surface area (Å²) in [7, 11) is 0. The Bertz CT molecular complexity index is 1400. The van der Waals surface area contributed by atoms with E-state index in [9.17, 15) is 41.0 Å². The third kappa shape index (κ3) is 7.32. The number of alkyl halides is 6. The van der Waals surface area contributed by atoms with Crippen LogP contribution < -0.4 is 16.3 Å². The highest BCUT2D eigenvalue weighted by molar-refractivity contribution is 6.30. The van der Waals surface area contributed by atoms with Crippen LogP contribution in [0.2, 0.25) is 5.02 Å². The second-order valence-electron chi connectivity index (χ2n) is 9.06. The molecule has 0 bridgehead atoms. The smallest absolute Gasteiger partial charge is 0.382 e. The molecular formula is C22H23ClF6N8O3. The molecule has 1 amide bonds. The fourth-order valence-electron chi connectivity index (χ4n) is 3.95. The number of halogens is 7. The van der Waals surface area contributed by atoms with E-state index in [0.29, 0.717) is 22.4 Å². The lowest BCUT2D eigenvalue weighted by atomic mass is 10.2. The van der Waals surface area contributed by atoms with Gasteiger partial charge < -0.3 is 15.7 Å². The zero-order chi connectivity index (χ0) is 29.2. The number of aliphatic hydroxyl groups excluding tert-OH is 1. The van der Waals surface area contributed by atoms with Crippen molar-refractivity contribution < 1.29 is 36.2 Å². The number of aliphatic hydroxyl groups is 1. The molecule has 18 heteroatoms. The van der Waals surface area contributed by atoms with Crippen LogP contribution in [0.15, 0.2) is 29.1 Å². The number of anilines is 1. The van der Waals surface area contributed by atoms with Gasteiger partial charge in [-0.1, -0.05) is 11.6 Å². The van der Waals surface area contributed by atoms with Gasteiger partial charge in [-0.3, -0.25) is 9.36 Å². The molecule has 218 valence electrons. The Kier molecular flexibility index (Phi) is 8.44. The van der Waals surface area contributed by atoms with Crippen LogP contribution in [-0.2, 0) is 24.4 Å².